The van der Waals surface area contributed by atoms with Crippen LogP contribution in [-0.2, 0) is 6.42 Å². The van der Waals surface area contributed by atoms with Crippen LogP contribution in [0, 0.1) is 0 Å². The van der Waals surface area contributed by atoms with Crippen molar-refractivity contribution in [2.24, 2.45) is 5.73 Å². The van der Waals surface area contributed by atoms with E-state index in [0.717, 1.165) is 15.6 Å². The minimum atomic E-state index is -0.162. The summed E-state index contributed by atoms with van der Waals surface area (Å²) in [4.78, 5) is 0. The minimum Gasteiger partial charge on any atom is -0.324 e. The van der Waals surface area contributed by atoms with Gasteiger partial charge in [-0.05, 0) is 47.9 Å². The SMILES string of the molecule is NC(Cc1ccc(Cl)c(Cl)c1)c1cc(Cl)ccc1Br. The summed E-state index contributed by atoms with van der Waals surface area (Å²) < 4.78 is 0.949. The van der Waals surface area contributed by atoms with E-state index in [1.54, 1.807) is 6.07 Å². The van der Waals surface area contributed by atoms with Gasteiger partial charge in [0.2, 0.25) is 0 Å². The fourth-order valence-electron chi connectivity index (χ4n) is 1.83. The Morgan fingerprint density at radius 2 is 1.74 bits per heavy atom. The van der Waals surface area contributed by atoms with Crippen molar-refractivity contribution < 1.29 is 0 Å². The van der Waals surface area contributed by atoms with Gasteiger partial charge >= 0.3 is 0 Å². The van der Waals surface area contributed by atoms with E-state index in [1.807, 2.05) is 30.3 Å². The zero-order chi connectivity index (χ0) is 14.0. The molecule has 0 amide bonds. The van der Waals surface area contributed by atoms with Gasteiger partial charge in [0.15, 0.2) is 0 Å². The molecule has 2 rings (SSSR count). The molecule has 1 atom stereocenters. The lowest BCUT2D eigenvalue weighted by Gasteiger charge is -2.15. The Morgan fingerprint density at radius 1 is 1.00 bits per heavy atom. The molecular formula is C14H11BrCl3N. The Hall–Kier alpha value is -0.250. The van der Waals surface area contributed by atoms with Crippen molar-refractivity contribution in [1.29, 1.82) is 0 Å². The first-order valence-corrected chi connectivity index (χ1v) is 7.54. The number of benzene rings is 2. The van der Waals surface area contributed by atoms with Crippen LogP contribution in [0.1, 0.15) is 17.2 Å². The molecule has 2 aromatic carbocycles. The Kier molecular flexibility index (Phi) is 5.15. The predicted molar refractivity (Wildman–Crippen MR) is 86.2 cm³/mol. The monoisotopic (exact) mass is 377 g/mol. The first-order valence-electron chi connectivity index (χ1n) is 5.62. The van der Waals surface area contributed by atoms with Crippen molar-refractivity contribution in [3.05, 3.63) is 67.1 Å². The summed E-state index contributed by atoms with van der Waals surface area (Å²) in [5.74, 6) is 0. The second-order valence-corrected chi connectivity index (χ2v) is 6.33. The summed E-state index contributed by atoms with van der Waals surface area (Å²) in [6.07, 6.45) is 0.663. The molecule has 0 fully saturated rings. The molecule has 0 saturated carbocycles. The Balaban J connectivity index is 2.22. The third-order valence-corrected chi connectivity index (χ3v) is 4.49. The van der Waals surface area contributed by atoms with E-state index in [1.165, 1.54) is 0 Å². The van der Waals surface area contributed by atoms with Gasteiger partial charge in [-0.3, -0.25) is 0 Å². The van der Waals surface area contributed by atoms with Crippen molar-refractivity contribution in [3.63, 3.8) is 0 Å². The molecule has 5 heteroatoms. The van der Waals surface area contributed by atoms with Gasteiger partial charge in [0.1, 0.15) is 0 Å². The van der Waals surface area contributed by atoms with Gasteiger partial charge in [-0.2, -0.15) is 0 Å². The Morgan fingerprint density at radius 3 is 2.42 bits per heavy atom. The van der Waals surface area contributed by atoms with Gasteiger partial charge in [0.05, 0.1) is 10.0 Å². The van der Waals surface area contributed by atoms with Crippen LogP contribution in [0.5, 0.6) is 0 Å². The first kappa shape index (κ1) is 15.1. The Labute approximate surface area is 135 Å². The largest absolute Gasteiger partial charge is 0.324 e. The summed E-state index contributed by atoms with van der Waals surface area (Å²) >= 11 is 21.4. The van der Waals surface area contributed by atoms with Crippen LogP contribution in [0.15, 0.2) is 40.9 Å². The summed E-state index contributed by atoms with van der Waals surface area (Å²) in [6.45, 7) is 0. The molecular weight excluding hydrogens is 368 g/mol. The van der Waals surface area contributed by atoms with Gasteiger partial charge in [0.25, 0.3) is 0 Å². The molecule has 1 unspecified atom stereocenters. The number of rotatable bonds is 3. The molecule has 100 valence electrons. The van der Waals surface area contributed by atoms with Crippen molar-refractivity contribution in [2.45, 2.75) is 12.5 Å². The van der Waals surface area contributed by atoms with Gasteiger partial charge in [-0.1, -0.05) is 56.8 Å². The standard InChI is InChI=1S/C14H11BrCl3N/c15-11-3-2-9(16)7-10(11)14(19)6-8-1-4-12(17)13(18)5-8/h1-5,7,14H,6,19H2. The van der Waals surface area contributed by atoms with E-state index >= 15 is 0 Å². The number of hydrogen-bond acceptors (Lipinski definition) is 1. The highest BCUT2D eigenvalue weighted by molar-refractivity contribution is 9.10. The van der Waals surface area contributed by atoms with Gasteiger partial charge in [-0.15, -0.1) is 0 Å². The number of nitrogens with two attached hydrogens (primary N) is 1. The van der Waals surface area contributed by atoms with Crippen LogP contribution < -0.4 is 5.73 Å². The maximum atomic E-state index is 6.22. The van der Waals surface area contributed by atoms with Gasteiger partial charge in [-0.25, -0.2) is 0 Å². The lowest BCUT2D eigenvalue weighted by atomic mass is 10.00. The van der Waals surface area contributed by atoms with Crippen LogP contribution in [0.3, 0.4) is 0 Å². The highest BCUT2D eigenvalue weighted by Crippen LogP contribution is 2.29. The van der Waals surface area contributed by atoms with Crippen LogP contribution >= 0.6 is 50.7 Å². The average molecular weight is 380 g/mol. The summed E-state index contributed by atoms with van der Waals surface area (Å²) in [5.41, 5.74) is 8.23. The second kappa shape index (κ2) is 6.47. The zero-order valence-electron chi connectivity index (χ0n) is 9.84. The molecule has 0 aliphatic heterocycles. The van der Waals surface area contributed by atoms with Gasteiger partial charge in [0, 0.05) is 15.5 Å². The van der Waals surface area contributed by atoms with E-state index < -0.39 is 0 Å². The fourth-order valence-corrected chi connectivity index (χ4v) is 2.87. The van der Waals surface area contributed by atoms with E-state index in [-0.39, 0.29) is 6.04 Å². The topological polar surface area (TPSA) is 26.0 Å². The highest BCUT2D eigenvalue weighted by atomic mass is 79.9. The number of hydrogen-bond donors (Lipinski definition) is 1. The molecule has 0 spiro atoms. The average Bonchev–Trinajstić information content (AvgIpc) is 2.36. The summed E-state index contributed by atoms with van der Waals surface area (Å²) in [5, 5.41) is 1.75. The molecule has 2 N–H and O–H groups in total. The lowest BCUT2D eigenvalue weighted by Crippen LogP contribution is -2.14. The molecule has 2 aromatic rings. The molecule has 0 radical (unpaired) electrons. The molecule has 19 heavy (non-hydrogen) atoms. The fraction of sp³-hybridized carbons (Fsp3) is 0.143. The third-order valence-electron chi connectivity index (χ3n) is 2.80. The quantitative estimate of drug-likeness (QED) is 0.732. The van der Waals surface area contributed by atoms with E-state index in [2.05, 4.69) is 15.9 Å². The van der Waals surface area contributed by atoms with Crippen LogP contribution in [0.2, 0.25) is 15.1 Å². The molecule has 0 aliphatic rings. The summed E-state index contributed by atoms with van der Waals surface area (Å²) in [6, 6.07) is 11.0. The van der Waals surface area contributed by atoms with Crippen LogP contribution in [-0.4, -0.2) is 0 Å². The van der Waals surface area contributed by atoms with Crippen molar-refractivity contribution in [3.8, 4) is 0 Å². The van der Waals surface area contributed by atoms with Crippen molar-refractivity contribution >= 4 is 50.7 Å². The van der Waals surface area contributed by atoms with Crippen molar-refractivity contribution in [1.82, 2.24) is 0 Å². The Bertz CT molecular complexity index is 601. The maximum Gasteiger partial charge on any atom is 0.0595 e. The first-order chi connectivity index (χ1) is 8.97. The molecule has 0 saturated heterocycles. The molecule has 0 bridgehead atoms. The zero-order valence-corrected chi connectivity index (χ0v) is 13.7. The van der Waals surface area contributed by atoms with Crippen molar-refractivity contribution in [2.75, 3.05) is 0 Å². The molecule has 0 aliphatic carbocycles. The normalized spacial score (nSPS) is 12.5. The van der Waals surface area contributed by atoms with Crippen LogP contribution in [0.25, 0.3) is 0 Å². The molecule has 0 aromatic heterocycles. The third kappa shape index (κ3) is 3.87. The smallest absolute Gasteiger partial charge is 0.0595 e. The molecule has 1 nitrogen and oxygen atoms in total. The number of halogens is 4. The van der Waals surface area contributed by atoms with E-state index in [0.29, 0.717) is 21.5 Å². The molecule has 0 heterocycles. The van der Waals surface area contributed by atoms with E-state index in [4.69, 9.17) is 40.5 Å². The van der Waals surface area contributed by atoms with Gasteiger partial charge < -0.3 is 5.73 Å². The highest BCUT2D eigenvalue weighted by Gasteiger charge is 2.12. The lowest BCUT2D eigenvalue weighted by molar-refractivity contribution is 0.718. The predicted octanol–water partition coefficient (Wildman–Crippen LogP) is 5.65. The second-order valence-electron chi connectivity index (χ2n) is 4.22. The summed E-state index contributed by atoms with van der Waals surface area (Å²) in [7, 11) is 0. The van der Waals surface area contributed by atoms with Crippen LogP contribution in [0.4, 0.5) is 0 Å². The van der Waals surface area contributed by atoms with E-state index in [9.17, 15) is 0 Å². The maximum absolute atomic E-state index is 6.22. The minimum absolute atomic E-state index is 0.162.